The third-order valence-corrected chi connectivity index (χ3v) is 5.09. The van der Waals surface area contributed by atoms with E-state index in [0.29, 0.717) is 0 Å². The molecule has 0 aliphatic carbocycles. The molecule has 122 valence electrons. The van der Waals surface area contributed by atoms with E-state index in [-0.39, 0.29) is 0 Å². The molecule has 1 aliphatic heterocycles. The molecule has 0 radical (unpaired) electrons. The van der Waals surface area contributed by atoms with E-state index in [1.807, 2.05) is 12.1 Å². The number of rotatable bonds is 2. The number of imidazole rings is 1. The molecule has 3 aromatic rings. The molecule has 0 unspecified atom stereocenters. The predicted molar refractivity (Wildman–Crippen MR) is 98.7 cm³/mol. The van der Waals surface area contributed by atoms with Crippen LogP contribution in [0.25, 0.3) is 16.9 Å². The van der Waals surface area contributed by atoms with Gasteiger partial charge in [0.25, 0.3) is 5.82 Å². The first kappa shape index (κ1) is 15.5. The fraction of sp³-hybridized carbons (Fsp3) is 0.286. The lowest BCUT2D eigenvalue weighted by molar-refractivity contribution is -0.702. The van der Waals surface area contributed by atoms with Gasteiger partial charge in [-0.25, -0.2) is 4.57 Å². The normalized spacial score (nSPS) is 14.2. The molecule has 3 heteroatoms. The van der Waals surface area contributed by atoms with Gasteiger partial charge in [0, 0.05) is 17.0 Å². The molecule has 0 saturated heterocycles. The highest BCUT2D eigenvalue weighted by molar-refractivity contribution is 6.30. The van der Waals surface area contributed by atoms with Crippen LogP contribution in [0.2, 0.25) is 5.02 Å². The summed E-state index contributed by atoms with van der Waals surface area (Å²) in [5, 5.41) is 0.779. The van der Waals surface area contributed by atoms with Crippen LogP contribution in [-0.2, 0) is 13.0 Å². The number of benzene rings is 2. The molecule has 0 spiro atoms. The first-order chi connectivity index (χ1) is 11.7. The molecular formula is C21H22ClN2+. The van der Waals surface area contributed by atoms with E-state index in [4.69, 9.17) is 11.6 Å². The van der Waals surface area contributed by atoms with Crippen molar-refractivity contribution in [3.05, 3.63) is 71.1 Å². The minimum Gasteiger partial charge on any atom is -0.233 e. The third-order valence-electron chi connectivity index (χ3n) is 4.84. The lowest BCUT2D eigenvalue weighted by atomic mass is 10.1. The van der Waals surface area contributed by atoms with Crippen molar-refractivity contribution < 1.29 is 4.57 Å². The minimum absolute atomic E-state index is 0.779. The Hall–Kier alpha value is -2.06. The molecule has 0 bridgehead atoms. The molecule has 0 atom stereocenters. The van der Waals surface area contributed by atoms with Crippen molar-refractivity contribution >= 4 is 11.6 Å². The SMILES string of the molecule is Cc1ccc(-n2c(-c3ccc(Cl)cc3)c[n+]3c2CCCCC3)cc1. The smallest absolute Gasteiger partial charge is 0.233 e. The van der Waals surface area contributed by atoms with Crippen molar-refractivity contribution in [3.8, 4) is 16.9 Å². The summed E-state index contributed by atoms with van der Waals surface area (Å²) in [6.07, 6.45) is 7.27. The van der Waals surface area contributed by atoms with Crippen molar-refractivity contribution in [2.24, 2.45) is 0 Å². The number of halogens is 1. The number of fused-ring (bicyclic) bond motifs is 1. The third kappa shape index (κ3) is 2.87. The second-order valence-corrected chi connectivity index (χ2v) is 7.05. The Bertz CT molecular complexity index is 845. The average Bonchev–Trinajstić information content (AvgIpc) is 2.79. The molecule has 4 rings (SSSR count). The summed E-state index contributed by atoms with van der Waals surface area (Å²) in [6.45, 7) is 3.24. The van der Waals surface area contributed by atoms with Crippen LogP contribution in [0.3, 0.4) is 0 Å². The maximum atomic E-state index is 6.08. The summed E-state index contributed by atoms with van der Waals surface area (Å²) < 4.78 is 4.87. The quantitative estimate of drug-likeness (QED) is 0.574. The fourth-order valence-corrected chi connectivity index (χ4v) is 3.67. The Labute approximate surface area is 148 Å². The molecule has 2 nitrogen and oxygen atoms in total. The van der Waals surface area contributed by atoms with Gasteiger partial charge in [-0.2, -0.15) is 4.57 Å². The van der Waals surface area contributed by atoms with Gasteiger partial charge in [0.1, 0.15) is 11.9 Å². The number of hydrogen-bond acceptors (Lipinski definition) is 0. The van der Waals surface area contributed by atoms with Crippen molar-refractivity contribution in [3.63, 3.8) is 0 Å². The van der Waals surface area contributed by atoms with E-state index < -0.39 is 0 Å². The van der Waals surface area contributed by atoms with Gasteiger partial charge in [-0.3, -0.25) is 0 Å². The van der Waals surface area contributed by atoms with Gasteiger partial charge in [-0.1, -0.05) is 29.3 Å². The van der Waals surface area contributed by atoms with Crippen LogP contribution in [0.15, 0.2) is 54.7 Å². The highest BCUT2D eigenvalue weighted by Gasteiger charge is 2.26. The van der Waals surface area contributed by atoms with Gasteiger partial charge in [0.15, 0.2) is 5.69 Å². The maximum Gasteiger partial charge on any atom is 0.262 e. The van der Waals surface area contributed by atoms with Crippen LogP contribution >= 0.6 is 11.6 Å². The standard InChI is InChI=1S/C21H22ClN2/c1-16-6-12-19(13-7-16)24-20(17-8-10-18(22)11-9-17)15-23-14-4-2-3-5-21(23)24/h6-13,15H,2-5,14H2,1H3/q+1. The van der Waals surface area contributed by atoms with E-state index in [2.05, 4.69) is 58.7 Å². The van der Waals surface area contributed by atoms with Gasteiger partial charge in [0.05, 0.1) is 6.54 Å². The predicted octanol–water partition coefficient (Wildman–Crippen LogP) is 5.12. The van der Waals surface area contributed by atoms with Crippen molar-refractivity contribution in [2.75, 3.05) is 0 Å². The topological polar surface area (TPSA) is 8.81 Å². The highest BCUT2D eigenvalue weighted by atomic mass is 35.5. The molecule has 24 heavy (non-hydrogen) atoms. The van der Waals surface area contributed by atoms with E-state index in [1.165, 1.54) is 47.6 Å². The van der Waals surface area contributed by atoms with Crippen molar-refractivity contribution in [1.29, 1.82) is 0 Å². The van der Waals surface area contributed by atoms with E-state index in [1.54, 1.807) is 0 Å². The van der Waals surface area contributed by atoms with Crippen LogP contribution in [0.5, 0.6) is 0 Å². The van der Waals surface area contributed by atoms with E-state index >= 15 is 0 Å². The van der Waals surface area contributed by atoms with Crippen LogP contribution in [0.4, 0.5) is 0 Å². The number of aryl methyl sites for hydroxylation is 2. The molecule has 0 N–H and O–H groups in total. The van der Waals surface area contributed by atoms with Gasteiger partial charge >= 0.3 is 0 Å². The first-order valence-corrected chi connectivity index (χ1v) is 9.07. The van der Waals surface area contributed by atoms with E-state index in [0.717, 1.165) is 18.0 Å². The fourth-order valence-electron chi connectivity index (χ4n) is 3.54. The van der Waals surface area contributed by atoms with Gasteiger partial charge < -0.3 is 0 Å². The van der Waals surface area contributed by atoms with E-state index in [9.17, 15) is 0 Å². The molecule has 0 fully saturated rings. The average molecular weight is 338 g/mol. The first-order valence-electron chi connectivity index (χ1n) is 8.69. The molecule has 1 aromatic heterocycles. The summed E-state index contributed by atoms with van der Waals surface area (Å²) in [5.41, 5.74) is 4.98. The monoisotopic (exact) mass is 337 g/mol. The van der Waals surface area contributed by atoms with Gasteiger partial charge in [-0.05, 0) is 62.6 Å². The second-order valence-electron chi connectivity index (χ2n) is 6.61. The zero-order valence-electron chi connectivity index (χ0n) is 14.0. The molecule has 2 aromatic carbocycles. The Morgan fingerprint density at radius 3 is 2.42 bits per heavy atom. The van der Waals surface area contributed by atoms with Crippen LogP contribution < -0.4 is 4.57 Å². The Balaban J connectivity index is 1.92. The molecular weight excluding hydrogens is 316 g/mol. The van der Waals surface area contributed by atoms with Crippen LogP contribution in [0, 0.1) is 6.92 Å². The zero-order chi connectivity index (χ0) is 16.5. The molecule has 1 aliphatic rings. The summed E-state index contributed by atoms with van der Waals surface area (Å²) in [5.74, 6) is 1.40. The van der Waals surface area contributed by atoms with Gasteiger partial charge in [-0.15, -0.1) is 0 Å². The molecule has 0 saturated carbocycles. The molecule has 0 amide bonds. The van der Waals surface area contributed by atoms with Crippen LogP contribution in [0.1, 0.15) is 30.7 Å². The Kier molecular flexibility index (Phi) is 4.15. The second kappa shape index (κ2) is 6.45. The number of hydrogen-bond donors (Lipinski definition) is 0. The van der Waals surface area contributed by atoms with Crippen molar-refractivity contribution in [1.82, 2.24) is 4.57 Å². The van der Waals surface area contributed by atoms with Gasteiger partial charge in [0.2, 0.25) is 0 Å². The largest absolute Gasteiger partial charge is 0.262 e. The number of aromatic nitrogens is 2. The lowest BCUT2D eigenvalue weighted by Crippen LogP contribution is -2.35. The molecule has 2 heterocycles. The summed E-state index contributed by atoms with van der Waals surface area (Å²) >= 11 is 6.08. The lowest BCUT2D eigenvalue weighted by Gasteiger charge is -2.06. The Morgan fingerprint density at radius 2 is 1.67 bits per heavy atom. The maximum absolute atomic E-state index is 6.08. The van der Waals surface area contributed by atoms with Crippen molar-refractivity contribution in [2.45, 2.75) is 39.2 Å². The van der Waals surface area contributed by atoms with Crippen LogP contribution in [-0.4, -0.2) is 4.57 Å². The summed E-state index contributed by atoms with van der Waals surface area (Å²) in [7, 11) is 0. The number of nitrogens with zero attached hydrogens (tertiary/aromatic N) is 2. The Morgan fingerprint density at radius 1 is 0.917 bits per heavy atom. The zero-order valence-corrected chi connectivity index (χ0v) is 14.8. The summed E-state index contributed by atoms with van der Waals surface area (Å²) in [6, 6.07) is 17.0. The highest BCUT2D eigenvalue weighted by Crippen LogP contribution is 2.27. The summed E-state index contributed by atoms with van der Waals surface area (Å²) in [4.78, 5) is 0. The minimum atomic E-state index is 0.779.